The summed E-state index contributed by atoms with van der Waals surface area (Å²) in [4.78, 5) is 8.07. The van der Waals surface area contributed by atoms with Crippen LogP contribution >= 0.6 is 0 Å². The molecule has 0 amide bonds. The predicted molar refractivity (Wildman–Crippen MR) is 77.2 cm³/mol. The van der Waals surface area contributed by atoms with Gasteiger partial charge in [0.2, 0.25) is 0 Å². The monoisotopic (exact) mass is 292 g/mol. The minimum absolute atomic E-state index is 0.101. The summed E-state index contributed by atoms with van der Waals surface area (Å²) < 4.78 is 33.9. The number of benzene rings is 1. The van der Waals surface area contributed by atoms with E-state index in [0.717, 1.165) is 12.1 Å². The van der Waals surface area contributed by atoms with Crippen molar-refractivity contribution in [2.45, 2.75) is 40.2 Å². The van der Waals surface area contributed by atoms with Crippen LogP contribution in [0.1, 0.15) is 32.2 Å². The lowest BCUT2D eigenvalue weighted by molar-refractivity contribution is 0.124. The Kier molecular flexibility index (Phi) is 3.94. The van der Waals surface area contributed by atoms with Crippen LogP contribution in [0.5, 0.6) is 5.75 Å². The molecule has 1 aromatic carbocycles. The van der Waals surface area contributed by atoms with Crippen molar-refractivity contribution in [3.05, 3.63) is 41.5 Å². The van der Waals surface area contributed by atoms with E-state index in [1.807, 2.05) is 0 Å². The molecule has 0 N–H and O–H groups in total. The molecule has 2 aromatic rings. The van der Waals surface area contributed by atoms with Gasteiger partial charge in [-0.25, -0.2) is 18.7 Å². The second-order valence-electron chi connectivity index (χ2n) is 5.90. The van der Waals surface area contributed by atoms with E-state index >= 15 is 0 Å². The third-order valence-electron chi connectivity index (χ3n) is 2.93. The lowest BCUT2D eigenvalue weighted by atomic mass is 10.0. The molecule has 112 valence electrons. The van der Waals surface area contributed by atoms with Crippen LogP contribution in [0, 0.1) is 25.5 Å². The Bertz CT molecular complexity index is 658. The third-order valence-corrected chi connectivity index (χ3v) is 2.93. The molecule has 0 saturated carbocycles. The molecule has 0 atom stereocenters. The molecule has 0 aliphatic carbocycles. The highest BCUT2D eigenvalue weighted by molar-refractivity contribution is 5.69. The second kappa shape index (κ2) is 5.39. The van der Waals surface area contributed by atoms with Crippen LogP contribution in [0.2, 0.25) is 0 Å². The number of hydrogen-bond acceptors (Lipinski definition) is 3. The maximum Gasteiger partial charge on any atom is 0.165 e. The Morgan fingerprint density at radius 1 is 0.952 bits per heavy atom. The standard InChI is InChI=1S/C16H18F2N2O/c1-9-15(10(2)20-8-19-9)11-6-13(18)14(7-12(11)17)21-16(3,4)5/h6-8H,1-5H3. The van der Waals surface area contributed by atoms with Gasteiger partial charge in [0.25, 0.3) is 0 Å². The van der Waals surface area contributed by atoms with Crippen molar-refractivity contribution in [2.24, 2.45) is 0 Å². The molecule has 21 heavy (non-hydrogen) atoms. The Labute approximate surface area is 123 Å². The fourth-order valence-corrected chi connectivity index (χ4v) is 2.11. The summed E-state index contributed by atoms with van der Waals surface area (Å²) in [5, 5.41) is 0. The molecule has 0 spiro atoms. The molecule has 5 heteroatoms. The van der Waals surface area contributed by atoms with Gasteiger partial charge in [-0.15, -0.1) is 0 Å². The van der Waals surface area contributed by atoms with Crippen molar-refractivity contribution in [3.8, 4) is 16.9 Å². The van der Waals surface area contributed by atoms with Gasteiger partial charge in [0.15, 0.2) is 11.6 Å². The zero-order chi connectivity index (χ0) is 15.8. The van der Waals surface area contributed by atoms with Gasteiger partial charge in [-0.2, -0.15) is 0 Å². The highest BCUT2D eigenvalue weighted by Gasteiger charge is 2.20. The minimum atomic E-state index is -0.607. The normalized spacial score (nSPS) is 11.6. The molecule has 0 aliphatic heterocycles. The van der Waals surface area contributed by atoms with Gasteiger partial charge in [-0.3, -0.25) is 0 Å². The quantitative estimate of drug-likeness (QED) is 0.831. The zero-order valence-electron chi connectivity index (χ0n) is 12.8. The van der Waals surface area contributed by atoms with E-state index in [-0.39, 0.29) is 11.3 Å². The van der Waals surface area contributed by atoms with Crippen LogP contribution in [0.3, 0.4) is 0 Å². The van der Waals surface area contributed by atoms with E-state index in [0.29, 0.717) is 17.0 Å². The summed E-state index contributed by atoms with van der Waals surface area (Å²) in [6.07, 6.45) is 1.40. The van der Waals surface area contributed by atoms with Gasteiger partial charge < -0.3 is 4.74 Å². The fourth-order valence-electron chi connectivity index (χ4n) is 2.11. The molecule has 0 bridgehead atoms. The number of halogens is 2. The van der Waals surface area contributed by atoms with Crippen LogP contribution in [0.4, 0.5) is 8.78 Å². The van der Waals surface area contributed by atoms with Crippen molar-refractivity contribution in [3.63, 3.8) is 0 Å². The van der Waals surface area contributed by atoms with Crippen molar-refractivity contribution < 1.29 is 13.5 Å². The SMILES string of the molecule is Cc1ncnc(C)c1-c1cc(F)c(OC(C)(C)C)cc1F. The number of ether oxygens (including phenoxy) is 1. The molecular weight excluding hydrogens is 274 g/mol. The van der Waals surface area contributed by atoms with E-state index < -0.39 is 17.2 Å². The molecule has 1 heterocycles. The number of rotatable bonds is 2. The van der Waals surface area contributed by atoms with Gasteiger partial charge in [0.1, 0.15) is 17.7 Å². The molecule has 0 aliphatic rings. The first-order chi connectivity index (χ1) is 9.69. The Morgan fingerprint density at radius 2 is 1.52 bits per heavy atom. The first kappa shape index (κ1) is 15.4. The van der Waals surface area contributed by atoms with Crippen molar-refractivity contribution in [1.29, 1.82) is 0 Å². The Morgan fingerprint density at radius 3 is 2.05 bits per heavy atom. The minimum Gasteiger partial charge on any atom is -0.485 e. The van der Waals surface area contributed by atoms with Gasteiger partial charge in [0.05, 0.1) is 0 Å². The lowest BCUT2D eigenvalue weighted by Crippen LogP contribution is -2.23. The maximum atomic E-state index is 14.3. The van der Waals surface area contributed by atoms with E-state index in [9.17, 15) is 8.78 Å². The highest BCUT2D eigenvalue weighted by Crippen LogP contribution is 2.32. The summed E-state index contributed by atoms with van der Waals surface area (Å²) in [6, 6.07) is 2.21. The molecule has 2 rings (SSSR count). The number of aromatic nitrogens is 2. The first-order valence-electron chi connectivity index (χ1n) is 6.65. The molecule has 0 unspecified atom stereocenters. The van der Waals surface area contributed by atoms with E-state index in [1.54, 1.807) is 34.6 Å². The molecule has 0 radical (unpaired) electrons. The Balaban J connectivity index is 2.56. The molecule has 3 nitrogen and oxygen atoms in total. The van der Waals surface area contributed by atoms with Crippen LogP contribution in [-0.2, 0) is 0 Å². The predicted octanol–water partition coefficient (Wildman–Crippen LogP) is 4.22. The average Bonchev–Trinajstić information content (AvgIpc) is 2.33. The van der Waals surface area contributed by atoms with Crippen LogP contribution in [0.15, 0.2) is 18.5 Å². The van der Waals surface area contributed by atoms with Gasteiger partial charge in [-0.1, -0.05) is 0 Å². The van der Waals surface area contributed by atoms with Crippen LogP contribution in [0.25, 0.3) is 11.1 Å². The van der Waals surface area contributed by atoms with E-state index in [4.69, 9.17) is 4.74 Å². The lowest BCUT2D eigenvalue weighted by Gasteiger charge is -2.22. The summed E-state index contributed by atoms with van der Waals surface area (Å²) in [5.74, 6) is -1.27. The summed E-state index contributed by atoms with van der Waals surface area (Å²) in [6.45, 7) is 8.80. The summed E-state index contributed by atoms with van der Waals surface area (Å²) in [7, 11) is 0. The maximum absolute atomic E-state index is 14.3. The second-order valence-corrected chi connectivity index (χ2v) is 5.90. The smallest absolute Gasteiger partial charge is 0.165 e. The van der Waals surface area contributed by atoms with Crippen molar-refractivity contribution in [2.75, 3.05) is 0 Å². The van der Waals surface area contributed by atoms with Crippen LogP contribution < -0.4 is 4.74 Å². The average molecular weight is 292 g/mol. The Hall–Kier alpha value is -2.04. The van der Waals surface area contributed by atoms with E-state index in [1.165, 1.54) is 6.33 Å². The topological polar surface area (TPSA) is 35.0 Å². The number of hydrogen-bond donors (Lipinski definition) is 0. The molecular formula is C16H18F2N2O. The largest absolute Gasteiger partial charge is 0.485 e. The van der Waals surface area contributed by atoms with Gasteiger partial charge in [-0.05, 0) is 40.7 Å². The number of aryl methyl sites for hydroxylation is 2. The number of nitrogens with zero attached hydrogens (tertiary/aromatic N) is 2. The van der Waals surface area contributed by atoms with Crippen LogP contribution in [-0.4, -0.2) is 15.6 Å². The molecule has 0 fully saturated rings. The summed E-state index contributed by atoms with van der Waals surface area (Å²) in [5.41, 5.74) is 1.26. The highest BCUT2D eigenvalue weighted by atomic mass is 19.1. The first-order valence-corrected chi connectivity index (χ1v) is 6.65. The van der Waals surface area contributed by atoms with Gasteiger partial charge in [0, 0.05) is 28.6 Å². The van der Waals surface area contributed by atoms with Crippen molar-refractivity contribution >= 4 is 0 Å². The van der Waals surface area contributed by atoms with E-state index in [2.05, 4.69) is 9.97 Å². The third kappa shape index (κ3) is 3.35. The fraction of sp³-hybridized carbons (Fsp3) is 0.375. The zero-order valence-corrected chi connectivity index (χ0v) is 12.8. The van der Waals surface area contributed by atoms with Gasteiger partial charge >= 0.3 is 0 Å². The molecule has 1 aromatic heterocycles. The molecule has 0 saturated heterocycles. The van der Waals surface area contributed by atoms with Crippen molar-refractivity contribution in [1.82, 2.24) is 9.97 Å². The summed E-state index contributed by atoms with van der Waals surface area (Å²) >= 11 is 0.